The summed E-state index contributed by atoms with van der Waals surface area (Å²) in [6.45, 7) is 8.75. The first-order chi connectivity index (χ1) is 10.1. The van der Waals surface area contributed by atoms with Crippen molar-refractivity contribution in [2.75, 3.05) is 6.54 Å². The van der Waals surface area contributed by atoms with E-state index in [1.165, 1.54) is 16.7 Å². The van der Waals surface area contributed by atoms with Crippen molar-refractivity contribution in [3.63, 3.8) is 0 Å². The van der Waals surface area contributed by atoms with Gasteiger partial charge in [0.2, 0.25) is 0 Å². The molecule has 2 rings (SSSR count). The first-order valence-electron chi connectivity index (χ1n) is 7.28. The Morgan fingerprint density at radius 1 is 1.00 bits per heavy atom. The Morgan fingerprint density at radius 3 is 2.19 bits per heavy atom. The molecule has 0 aliphatic heterocycles. The van der Waals surface area contributed by atoms with Gasteiger partial charge in [-0.25, -0.2) is 0 Å². The SMILES string of the molecule is CCNCc1cc(C)c(OCc2ccc(Cl)cc2)c(C)c1. The van der Waals surface area contributed by atoms with E-state index in [0.29, 0.717) is 6.61 Å². The van der Waals surface area contributed by atoms with E-state index in [1.54, 1.807) is 0 Å². The van der Waals surface area contributed by atoms with Crippen molar-refractivity contribution in [2.24, 2.45) is 0 Å². The van der Waals surface area contributed by atoms with Gasteiger partial charge in [0.25, 0.3) is 0 Å². The highest BCUT2D eigenvalue weighted by Gasteiger charge is 2.07. The Labute approximate surface area is 132 Å². The molecule has 0 radical (unpaired) electrons. The topological polar surface area (TPSA) is 21.3 Å². The summed E-state index contributed by atoms with van der Waals surface area (Å²) in [4.78, 5) is 0. The molecule has 21 heavy (non-hydrogen) atoms. The second-order valence-electron chi connectivity index (χ2n) is 5.25. The van der Waals surface area contributed by atoms with Crippen LogP contribution in [0.4, 0.5) is 0 Å². The smallest absolute Gasteiger partial charge is 0.125 e. The highest BCUT2D eigenvalue weighted by molar-refractivity contribution is 6.30. The molecule has 0 aliphatic rings. The number of halogens is 1. The second kappa shape index (κ2) is 7.48. The fraction of sp³-hybridized carbons (Fsp3) is 0.333. The normalized spacial score (nSPS) is 10.7. The number of nitrogens with one attached hydrogen (secondary N) is 1. The highest BCUT2D eigenvalue weighted by Crippen LogP contribution is 2.26. The summed E-state index contributed by atoms with van der Waals surface area (Å²) < 4.78 is 5.99. The molecule has 2 aromatic rings. The molecule has 0 amide bonds. The van der Waals surface area contributed by atoms with Gasteiger partial charge in [0.05, 0.1) is 0 Å². The van der Waals surface area contributed by atoms with Gasteiger partial charge in [-0.2, -0.15) is 0 Å². The van der Waals surface area contributed by atoms with Crippen molar-refractivity contribution in [1.29, 1.82) is 0 Å². The van der Waals surface area contributed by atoms with Crippen LogP contribution in [0.1, 0.15) is 29.2 Å². The van der Waals surface area contributed by atoms with Crippen molar-refractivity contribution in [3.8, 4) is 5.75 Å². The van der Waals surface area contributed by atoms with Crippen LogP contribution in [0.25, 0.3) is 0 Å². The fourth-order valence-corrected chi connectivity index (χ4v) is 2.50. The highest BCUT2D eigenvalue weighted by atomic mass is 35.5. The zero-order valence-corrected chi connectivity index (χ0v) is 13.6. The lowest BCUT2D eigenvalue weighted by atomic mass is 10.1. The molecule has 0 heterocycles. The lowest BCUT2D eigenvalue weighted by molar-refractivity contribution is 0.302. The molecule has 0 saturated heterocycles. The molecule has 0 bridgehead atoms. The number of rotatable bonds is 6. The summed E-state index contributed by atoms with van der Waals surface area (Å²) in [5, 5.41) is 4.10. The monoisotopic (exact) mass is 303 g/mol. The zero-order valence-electron chi connectivity index (χ0n) is 12.9. The molecule has 0 atom stereocenters. The molecule has 2 nitrogen and oxygen atoms in total. The van der Waals surface area contributed by atoms with E-state index in [2.05, 4.69) is 38.2 Å². The molecule has 3 heteroatoms. The number of ether oxygens (including phenoxy) is 1. The molecule has 0 spiro atoms. The lowest BCUT2D eigenvalue weighted by Crippen LogP contribution is -2.12. The summed E-state index contributed by atoms with van der Waals surface area (Å²) in [5.74, 6) is 0.977. The largest absolute Gasteiger partial charge is 0.488 e. The number of hydrogen-bond acceptors (Lipinski definition) is 2. The van der Waals surface area contributed by atoms with Gasteiger partial charge in [-0.1, -0.05) is 42.8 Å². The predicted molar refractivity (Wildman–Crippen MR) is 89.1 cm³/mol. The minimum absolute atomic E-state index is 0.561. The van der Waals surface area contributed by atoms with E-state index < -0.39 is 0 Å². The Balaban J connectivity index is 2.07. The molecule has 0 unspecified atom stereocenters. The Bertz CT molecular complexity index is 570. The predicted octanol–water partition coefficient (Wildman–Crippen LogP) is 4.65. The third kappa shape index (κ3) is 4.48. The van der Waals surface area contributed by atoms with Crippen LogP contribution in [0.2, 0.25) is 5.02 Å². The number of benzene rings is 2. The average molecular weight is 304 g/mol. The van der Waals surface area contributed by atoms with E-state index in [-0.39, 0.29) is 0 Å². The van der Waals surface area contributed by atoms with Crippen LogP contribution in [0, 0.1) is 13.8 Å². The molecule has 1 N–H and O–H groups in total. The molecule has 2 aromatic carbocycles. The maximum atomic E-state index is 5.99. The van der Waals surface area contributed by atoms with Gasteiger partial charge in [-0.15, -0.1) is 0 Å². The van der Waals surface area contributed by atoms with Gasteiger partial charge in [-0.05, 0) is 54.8 Å². The summed E-state index contributed by atoms with van der Waals surface area (Å²) >= 11 is 5.89. The maximum Gasteiger partial charge on any atom is 0.125 e. The standard InChI is InChI=1S/C18H22ClNO/c1-4-20-11-16-9-13(2)18(14(3)10-16)21-12-15-5-7-17(19)8-6-15/h5-10,20H,4,11-12H2,1-3H3. The third-order valence-electron chi connectivity index (χ3n) is 3.40. The van der Waals surface area contributed by atoms with E-state index in [1.807, 2.05) is 24.3 Å². The minimum Gasteiger partial charge on any atom is -0.488 e. The van der Waals surface area contributed by atoms with E-state index in [9.17, 15) is 0 Å². The Hall–Kier alpha value is -1.51. The first-order valence-corrected chi connectivity index (χ1v) is 7.66. The van der Waals surface area contributed by atoms with Gasteiger partial charge in [-0.3, -0.25) is 0 Å². The quantitative estimate of drug-likeness (QED) is 0.839. The second-order valence-corrected chi connectivity index (χ2v) is 5.69. The van der Waals surface area contributed by atoms with Gasteiger partial charge in [0.1, 0.15) is 12.4 Å². The molecule has 0 aliphatic carbocycles. The molecule has 0 aromatic heterocycles. The summed E-state index contributed by atoms with van der Waals surface area (Å²) in [6.07, 6.45) is 0. The third-order valence-corrected chi connectivity index (χ3v) is 3.65. The minimum atomic E-state index is 0.561. The Morgan fingerprint density at radius 2 is 1.62 bits per heavy atom. The first kappa shape index (κ1) is 15.9. The average Bonchev–Trinajstić information content (AvgIpc) is 2.46. The van der Waals surface area contributed by atoms with Crippen LogP contribution in [0.15, 0.2) is 36.4 Å². The fourth-order valence-electron chi connectivity index (χ4n) is 2.38. The van der Waals surface area contributed by atoms with Crippen LogP contribution >= 0.6 is 11.6 Å². The number of aryl methyl sites for hydroxylation is 2. The van der Waals surface area contributed by atoms with E-state index in [0.717, 1.165) is 29.4 Å². The van der Waals surface area contributed by atoms with Crippen molar-refractivity contribution in [3.05, 3.63) is 63.7 Å². The molecule has 0 saturated carbocycles. The maximum absolute atomic E-state index is 5.99. The summed E-state index contributed by atoms with van der Waals surface area (Å²) in [7, 11) is 0. The molecule has 112 valence electrons. The van der Waals surface area contributed by atoms with Crippen LogP contribution in [-0.2, 0) is 13.2 Å². The lowest BCUT2D eigenvalue weighted by Gasteiger charge is -2.14. The van der Waals surface area contributed by atoms with Crippen LogP contribution in [0.5, 0.6) is 5.75 Å². The van der Waals surface area contributed by atoms with Crippen molar-refractivity contribution in [2.45, 2.75) is 33.9 Å². The summed E-state index contributed by atoms with van der Waals surface area (Å²) in [6, 6.07) is 12.1. The van der Waals surface area contributed by atoms with Gasteiger partial charge in [0, 0.05) is 11.6 Å². The number of hydrogen-bond donors (Lipinski definition) is 1. The van der Waals surface area contributed by atoms with Crippen molar-refractivity contribution >= 4 is 11.6 Å². The van der Waals surface area contributed by atoms with Crippen LogP contribution < -0.4 is 10.1 Å². The van der Waals surface area contributed by atoms with Crippen LogP contribution in [-0.4, -0.2) is 6.54 Å². The molecule has 0 fully saturated rings. The molecular formula is C18H22ClNO. The summed E-state index contributed by atoms with van der Waals surface area (Å²) in [5.41, 5.74) is 4.77. The van der Waals surface area contributed by atoms with Gasteiger partial charge in [0.15, 0.2) is 0 Å². The van der Waals surface area contributed by atoms with Crippen molar-refractivity contribution < 1.29 is 4.74 Å². The van der Waals surface area contributed by atoms with E-state index >= 15 is 0 Å². The Kier molecular flexibility index (Phi) is 5.66. The zero-order chi connectivity index (χ0) is 15.2. The van der Waals surface area contributed by atoms with Crippen LogP contribution in [0.3, 0.4) is 0 Å². The van der Waals surface area contributed by atoms with Gasteiger partial charge < -0.3 is 10.1 Å². The van der Waals surface area contributed by atoms with Gasteiger partial charge >= 0.3 is 0 Å². The van der Waals surface area contributed by atoms with Crippen molar-refractivity contribution in [1.82, 2.24) is 5.32 Å². The van der Waals surface area contributed by atoms with E-state index in [4.69, 9.17) is 16.3 Å². The molecular weight excluding hydrogens is 282 g/mol.